The molecule has 0 radical (unpaired) electrons. The van der Waals surface area contributed by atoms with Crippen LogP contribution in [0, 0.1) is 0 Å². The number of H-pyrrole nitrogens is 1. The van der Waals surface area contributed by atoms with Crippen molar-refractivity contribution in [2.45, 2.75) is 6.04 Å². The van der Waals surface area contributed by atoms with E-state index < -0.39 is 0 Å². The van der Waals surface area contributed by atoms with E-state index in [0.29, 0.717) is 19.8 Å². The van der Waals surface area contributed by atoms with Crippen LogP contribution in [-0.4, -0.2) is 43.7 Å². The van der Waals surface area contributed by atoms with Crippen molar-refractivity contribution < 1.29 is 9.53 Å². The van der Waals surface area contributed by atoms with E-state index in [-0.39, 0.29) is 11.9 Å². The third-order valence-corrected chi connectivity index (χ3v) is 2.55. The second-order valence-electron chi connectivity index (χ2n) is 3.48. The second kappa shape index (κ2) is 4.46. The zero-order valence-electron chi connectivity index (χ0n) is 8.69. The summed E-state index contributed by atoms with van der Waals surface area (Å²) < 4.78 is 5.36. The molecule has 1 saturated heterocycles. The van der Waals surface area contributed by atoms with Gasteiger partial charge in [-0.1, -0.05) is 0 Å². The number of hydrogen-bond acceptors (Lipinski definition) is 3. The van der Waals surface area contributed by atoms with Gasteiger partial charge in [-0.05, 0) is 13.1 Å². The predicted molar refractivity (Wildman–Crippen MR) is 56.8 cm³/mol. The van der Waals surface area contributed by atoms with Gasteiger partial charge in [0.1, 0.15) is 6.04 Å². The topological polar surface area (TPSA) is 57.4 Å². The van der Waals surface area contributed by atoms with Crippen molar-refractivity contribution >= 4 is 11.6 Å². The van der Waals surface area contributed by atoms with Crippen LogP contribution in [0.1, 0.15) is 0 Å². The van der Waals surface area contributed by atoms with E-state index in [1.807, 2.05) is 18.5 Å². The molecule has 0 saturated carbocycles. The van der Waals surface area contributed by atoms with Gasteiger partial charge < -0.3 is 19.9 Å². The molecule has 1 unspecified atom stereocenters. The lowest BCUT2D eigenvalue weighted by molar-refractivity contribution is -0.120. The number of nitrogens with zero attached hydrogens (tertiary/aromatic N) is 1. The number of carbonyl (C=O) groups is 1. The van der Waals surface area contributed by atoms with Crippen LogP contribution in [0.15, 0.2) is 18.5 Å². The number of rotatable bonds is 2. The Balaban J connectivity index is 2.19. The minimum atomic E-state index is -0.248. The zero-order chi connectivity index (χ0) is 10.7. The average molecular weight is 209 g/mol. The molecule has 1 fully saturated rings. The Morgan fingerprint density at radius 1 is 1.67 bits per heavy atom. The van der Waals surface area contributed by atoms with Gasteiger partial charge in [0.15, 0.2) is 0 Å². The number of hydrogen-bond donors (Lipinski definition) is 2. The molecule has 0 aromatic carbocycles. The highest BCUT2D eigenvalue weighted by atomic mass is 16.5. The lowest BCUT2D eigenvalue weighted by atomic mass is 10.2. The molecule has 1 aliphatic heterocycles. The Morgan fingerprint density at radius 3 is 3.20 bits per heavy atom. The maximum absolute atomic E-state index is 12.0. The smallest absolute Gasteiger partial charge is 0.246 e. The number of aromatic nitrogens is 1. The quantitative estimate of drug-likeness (QED) is 0.719. The van der Waals surface area contributed by atoms with Crippen molar-refractivity contribution in [3.63, 3.8) is 0 Å². The molecule has 5 nitrogen and oxygen atoms in total. The summed E-state index contributed by atoms with van der Waals surface area (Å²) in [6.45, 7) is 1.63. The maximum Gasteiger partial charge on any atom is 0.246 e. The van der Waals surface area contributed by atoms with Crippen molar-refractivity contribution in [1.29, 1.82) is 0 Å². The molecular weight excluding hydrogens is 194 g/mol. The Bertz CT molecular complexity index is 323. The van der Waals surface area contributed by atoms with Crippen molar-refractivity contribution in [3.8, 4) is 0 Å². The van der Waals surface area contributed by atoms with Crippen molar-refractivity contribution in [1.82, 2.24) is 10.3 Å². The lowest BCUT2D eigenvalue weighted by Gasteiger charge is -2.21. The number of likely N-dealkylation sites (N-methyl/N-ethyl adjacent to an activating group) is 1. The van der Waals surface area contributed by atoms with Crippen LogP contribution in [0.2, 0.25) is 0 Å². The fourth-order valence-corrected chi connectivity index (χ4v) is 1.67. The predicted octanol–water partition coefficient (Wildman–Crippen LogP) is -0.0341. The molecule has 1 aromatic heterocycles. The third-order valence-electron chi connectivity index (χ3n) is 2.55. The molecule has 0 aliphatic carbocycles. The van der Waals surface area contributed by atoms with Crippen LogP contribution >= 0.6 is 0 Å². The molecule has 0 bridgehead atoms. The standard InChI is InChI=1S/C10H15N3O2/c1-11-9-7-15-5-4-13(10(9)14)8-2-3-12-6-8/h2-3,6,9,11-12H,4-5,7H2,1H3. The summed E-state index contributed by atoms with van der Waals surface area (Å²) in [5.74, 6) is 0.0644. The molecule has 0 spiro atoms. The van der Waals surface area contributed by atoms with Crippen molar-refractivity contribution in [2.75, 3.05) is 31.7 Å². The first kappa shape index (κ1) is 10.2. The van der Waals surface area contributed by atoms with Gasteiger partial charge >= 0.3 is 0 Å². The molecule has 2 rings (SSSR count). The van der Waals surface area contributed by atoms with Gasteiger partial charge in [-0.15, -0.1) is 0 Å². The molecule has 1 aliphatic rings. The van der Waals surface area contributed by atoms with Crippen LogP contribution in [-0.2, 0) is 9.53 Å². The molecule has 1 amide bonds. The van der Waals surface area contributed by atoms with E-state index in [9.17, 15) is 4.79 Å². The van der Waals surface area contributed by atoms with Gasteiger partial charge in [0.2, 0.25) is 5.91 Å². The van der Waals surface area contributed by atoms with Gasteiger partial charge in [-0.25, -0.2) is 0 Å². The normalized spacial score (nSPS) is 22.9. The summed E-state index contributed by atoms with van der Waals surface area (Å²) >= 11 is 0. The lowest BCUT2D eigenvalue weighted by Crippen LogP contribution is -2.45. The summed E-state index contributed by atoms with van der Waals surface area (Å²) in [5.41, 5.74) is 0.894. The van der Waals surface area contributed by atoms with E-state index in [4.69, 9.17) is 4.74 Å². The highest BCUT2D eigenvalue weighted by molar-refractivity contribution is 5.97. The monoisotopic (exact) mass is 209 g/mol. The highest BCUT2D eigenvalue weighted by Crippen LogP contribution is 2.15. The van der Waals surface area contributed by atoms with Crippen LogP contribution in [0.25, 0.3) is 0 Å². The minimum absolute atomic E-state index is 0.0644. The number of anilines is 1. The number of nitrogens with one attached hydrogen (secondary N) is 2. The largest absolute Gasteiger partial charge is 0.377 e. The summed E-state index contributed by atoms with van der Waals surface area (Å²) in [4.78, 5) is 16.7. The second-order valence-corrected chi connectivity index (χ2v) is 3.48. The van der Waals surface area contributed by atoms with Gasteiger partial charge in [-0.3, -0.25) is 4.79 Å². The SMILES string of the molecule is CNC1COCCN(c2cc[nH]c2)C1=O. The minimum Gasteiger partial charge on any atom is -0.377 e. The van der Waals surface area contributed by atoms with E-state index in [1.165, 1.54) is 0 Å². The summed E-state index contributed by atoms with van der Waals surface area (Å²) in [6.07, 6.45) is 3.62. The maximum atomic E-state index is 12.0. The van der Waals surface area contributed by atoms with E-state index in [2.05, 4.69) is 10.3 Å². The fraction of sp³-hybridized carbons (Fsp3) is 0.500. The Morgan fingerprint density at radius 2 is 2.53 bits per heavy atom. The van der Waals surface area contributed by atoms with Crippen molar-refractivity contribution in [2.24, 2.45) is 0 Å². The number of aromatic amines is 1. The van der Waals surface area contributed by atoms with Crippen LogP contribution in [0.4, 0.5) is 5.69 Å². The summed E-state index contributed by atoms with van der Waals surface area (Å²) in [5, 5.41) is 2.96. The third kappa shape index (κ3) is 2.03. The Labute approximate surface area is 88.4 Å². The van der Waals surface area contributed by atoms with Crippen LogP contribution in [0.5, 0.6) is 0 Å². The average Bonchev–Trinajstić information content (AvgIpc) is 2.70. The molecule has 1 aromatic rings. The summed E-state index contributed by atoms with van der Waals surface area (Å²) in [7, 11) is 1.77. The Hall–Kier alpha value is -1.33. The first-order chi connectivity index (χ1) is 7.33. The van der Waals surface area contributed by atoms with Gasteiger partial charge in [0.05, 0.1) is 18.9 Å². The molecule has 2 heterocycles. The highest BCUT2D eigenvalue weighted by Gasteiger charge is 2.27. The molecule has 82 valence electrons. The summed E-state index contributed by atoms with van der Waals surface area (Å²) in [6, 6.07) is 1.64. The zero-order valence-corrected chi connectivity index (χ0v) is 8.69. The molecular formula is C10H15N3O2. The fourth-order valence-electron chi connectivity index (χ4n) is 1.67. The molecule has 2 N–H and O–H groups in total. The Kier molecular flexibility index (Phi) is 3.03. The number of carbonyl (C=O) groups excluding carboxylic acids is 1. The van der Waals surface area contributed by atoms with Gasteiger partial charge in [-0.2, -0.15) is 0 Å². The van der Waals surface area contributed by atoms with Gasteiger partial charge in [0, 0.05) is 18.9 Å². The van der Waals surface area contributed by atoms with Crippen LogP contribution in [0.3, 0.4) is 0 Å². The first-order valence-electron chi connectivity index (χ1n) is 5.02. The van der Waals surface area contributed by atoms with E-state index >= 15 is 0 Å². The molecule has 15 heavy (non-hydrogen) atoms. The van der Waals surface area contributed by atoms with E-state index in [1.54, 1.807) is 11.9 Å². The van der Waals surface area contributed by atoms with E-state index in [0.717, 1.165) is 5.69 Å². The number of amides is 1. The van der Waals surface area contributed by atoms with Crippen LogP contribution < -0.4 is 10.2 Å². The number of ether oxygens (including phenoxy) is 1. The first-order valence-corrected chi connectivity index (χ1v) is 5.02. The van der Waals surface area contributed by atoms with Gasteiger partial charge in [0.25, 0.3) is 0 Å². The molecule has 1 atom stereocenters. The van der Waals surface area contributed by atoms with Crippen molar-refractivity contribution in [3.05, 3.63) is 18.5 Å². The molecule has 5 heteroatoms.